The van der Waals surface area contributed by atoms with Crippen molar-refractivity contribution in [3.05, 3.63) is 0 Å². The number of nitrogens with zero attached hydrogens (tertiary/aromatic N) is 1. The maximum atomic E-state index is 5.30. The molecule has 0 rings (SSSR count). The Labute approximate surface area is 86.1 Å². The van der Waals surface area contributed by atoms with E-state index in [9.17, 15) is 0 Å². The van der Waals surface area contributed by atoms with Crippen LogP contribution in [0.5, 0.6) is 0 Å². The Morgan fingerprint density at radius 3 is 2.50 bits per heavy atom. The van der Waals surface area contributed by atoms with E-state index in [1.807, 2.05) is 0 Å². The van der Waals surface area contributed by atoms with E-state index in [2.05, 4.69) is 36.5 Å². The maximum Gasteiger partial charge on any atom is 0.205 e. The lowest BCUT2D eigenvalue weighted by molar-refractivity contribution is 0.203. The molecule has 0 amide bonds. The molecule has 0 saturated carbocycles. The zero-order chi connectivity index (χ0) is 11.0. The lowest BCUT2D eigenvalue weighted by atomic mass is 9.97. The zero-order valence-corrected chi connectivity index (χ0v) is 9.55. The van der Waals surface area contributed by atoms with Gasteiger partial charge in [-0.3, -0.25) is 10.4 Å². The van der Waals surface area contributed by atoms with Crippen molar-refractivity contribution in [1.82, 2.24) is 10.7 Å². The molecule has 0 aromatic carbocycles. The number of nitrogens with two attached hydrogens (primary N) is 1. The Balaban J connectivity index is 3.87. The van der Waals surface area contributed by atoms with Crippen molar-refractivity contribution in [1.29, 1.82) is 0 Å². The topological polar surface area (TPSA) is 71.7 Å². The lowest BCUT2D eigenvalue weighted by Gasteiger charge is -2.16. The number of hydrogen-bond donors (Lipinski definition) is 3. The number of rotatable bonds is 4. The summed E-state index contributed by atoms with van der Waals surface area (Å²) in [5, 5.41) is 3.03. The Morgan fingerprint density at radius 1 is 1.43 bits per heavy atom. The average molecular weight is 202 g/mol. The molecular weight excluding hydrogens is 180 g/mol. The first kappa shape index (κ1) is 13.2. The number of hydrazine groups is 1. The van der Waals surface area contributed by atoms with Gasteiger partial charge in [0.2, 0.25) is 5.96 Å². The summed E-state index contributed by atoms with van der Waals surface area (Å²) in [7, 11) is 1.66. The molecule has 4 N–H and O–H groups in total. The molecule has 0 bridgehead atoms. The number of guanidine groups is 1. The van der Waals surface area contributed by atoms with Gasteiger partial charge in [0.25, 0.3) is 0 Å². The first-order valence-corrected chi connectivity index (χ1v) is 4.73. The van der Waals surface area contributed by atoms with E-state index in [0.29, 0.717) is 19.1 Å². The second-order valence-electron chi connectivity index (χ2n) is 4.29. The second kappa shape index (κ2) is 6.62. The molecule has 14 heavy (non-hydrogen) atoms. The van der Waals surface area contributed by atoms with E-state index in [0.717, 1.165) is 6.54 Å². The van der Waals surface area contributed by atoms with Crippen molar-refractivity contribution in [3.8, 4) is 0 Å². The van der Waals surface area contributed by atoms with Crippen LogP contribution in [0.1, 0.15) is 20.8 Å². The minimum absolute atomic E-state index is 0.172. The SMILES string of the molecule is COCCNC(=NCC(C)(C)C)NN. The molecule has 5 nitrogen and oxygen atoms in total. The molecule has 0 unspecified atom stereocenters. The summed E-state index contributed by atoms with van der Waals surface area (Å²) in [6, 6.07) is 0. The molecule has 0 aliphatic heterocycles. The second-order valence-corrected chi connectivity index (χ2v) is 4.29. The summed E-state index contributed by atoms with van der Waals surface area (Å²) in [5.74, 6) is 5.91. The summed E-state index contributed by atoms with van der Waals surface area (Å²) in [6.07, 6.45) is 0. The Morgan fingerprint density at radius 2 is 2.07 bits per heavy atom. The third-order valence-corrected chi connectivity index (χ3v) is 1.45. The molecule has 0 aromatic rings. The summed E-state index contributed by atoms with van der Waals surface area (Å²) in [4.78, 5) is 4.30. The van der Waals surface area contributed by atoms with E-state index in [4.69, 9.17) is 10.6 Å². The standard InChI is InChI=1S/C9H22N4O/c1-9(2,3)7-12-8(13-10)11-5-6-14-4/h5-7,10H2,1-4H3,(H2,11,12,13). The fourth-order valence-corrected chi connectivity index (χ4v) is 0.740. The molecular formula is C9H22N4O. The lowest BCUT2D eigenvalue weighted by Crippen LogP contribution is -2.43. The molecule has 0 aliphatic carbocycles. The van der Waals surface area contributed by atoms with Crippen molar-refractivity contribution in [2.24, 2.45) is 16.3 Å². The van der Waals surface area contributed by atoms with Crippen LogP contribution in [0.3, 0.4) is 0 Å². The van der Waals surface area contributed by atoms with Gasteiger partial charge >= 0.3 is 0 Å². The van der Waals surface area contributed by atoms with Gasteiger partial charge in [-0.15, -0.1) is 0 Å². The van der Waals surface area contributed by atoms with Crippen LogP contribution in [0.2, 0.25) is 0 Å². The predicted octanol–water partition coefficient (Wildman–Crippen LogP) is 0.0878. The van der Waals surface area contributed by atoms with Gasteiger partial charge in [-0.25, -0.2) is 5.84 Å². The van der Waals surface area contributed by atoms with Gasteiger partial charge in [-0.1, -0.05) is 20.8 Å². The van der Waals surface area contributed by atoms with Crippen LogP contribution in [0, 0.1) is 5.41 Å². The number of nitrogens with one attached hydrogen (secondary N) is 2. The number of hydrogen-bond acceptors (Lipinski definition) is 3. The van der Waals surface area contributed by atoms with E-state index in [-0.39, 0.29) is 5.41 Å². The minimum atomic E-state index is 0.172. The number of methoxy groups -OCH3 is 1. The average Bonchev–Trinajstić information content (AvgIpc) is 2.09. The predicted molar refractivity (Wildman–Crippen MR) is 59.0 cm³/mol. The molecule has 84 valence electrons. The first-order chi connectivity index (χ1) is 6.49. The third-order valence-electron chi connectivity index (χ3n) is 1.45. The highest BCUT2D eigenvalue weighted by Gasteiger charge is 2.09. The van der Waals surface area contributed by atoms with Gasteiger partial charge in [0.15, 0.2) is 0 Å². The summed E-state index contributed by atoms with van der Waals surface area (Å²) < 4.78 is 4.90. The van der Waals surface area contributed by atoms with E-state index < -0.39 is 0 Å². The molecule has 0 radical (unpaired) electrons. The number of ether oxygens (including phenoxy) is 1. The summed E-state index contributed by atoms with van der Waals surface area (Å²) in [6.45, 7) is 8.44. The highest BCUT2D eigenvalue weighted by Crippen LogP contribution is 2.12. The first-order valence-electron chi connectivity index (χ1n) is 4.73. The summed E-state index contributed by atoms with van der Waals surface area (Å²) >= 11 is 0. The molecule has 0 fully saturated rings. The molecule has 0 aromatic heterocycles. The Bertz CT molecular complexity index is 174. The molecule has 0 spiro atoms. The fraction of sp³-hybridized carbons (Fsp3) is 0.889. The van der Waals surface area contributed by atoms with Crippen molar-refractivity contribution in [2.75, 3.05) is 26.8 Å². The summed E-state index contributed by atoms with van der Waals surface area (Å²) in [5.41, 5.74) is 2.69. The van der Waals surface area contributed by atoms with E-state index in [1.165, 1.54) is 0 Å². The molecule has 0 saturated heterocycles. The highest BCUT2D eigenvalue weighted by atomic mass is 16.5. The maximum absolute atomic E-state index is 5.30. The van der Waals surface area contributed by atoms with E-state index >= 15 is 0 Å². The van der Waals surface area contributed by atoms with Gasteiger partial charge in [0.05, 0.1) is 6.61 Å². The largest absolute Gasteiger partial charge is 0.383 e. The van der Waals surface area contributed by atoms with Crippen molar-refractivity contribution < 1.29 is 4.74 Å². The third kappa shape index (κ3) is 7.82. The van der Waals surface area contributed by atoms with Crippen LogP contribution < -0.4 is 16.6 Å². The number of aliphatic imine (C=N–C) groups is 1. The molecule has 0 heterocycles. The van der Waals surface area contributed by atoms with Gasteiger partial charge in [-0.2, -0.15) is 0 Å². The van der Waals surface area contributed by atoms with E-state index in [1.54, 1.807) is 7.11 Å². The van der Waals surface area contributed by atoms with Crippen molar-refractivity contribution in [3.63, 3.8) is 0 Å². The quantitative estimate of drug-likeness (QED) is 0.199. The van der Waals surface area contributed by atoms with Gasteiger partial charge in [0.1, 0.15) is 0 Å². The van der Waals surface area contributed by atoms with Crippen molar-refractivity contribution in [2.45, 2.75) is 20.8 Å². The van der Waals surface area contributed by atoms with Crippen LogP contribution in [0.25, 0.3) is 0 Å². The Kier molecular flexibility index (Phi) is 6.23. The molecule has 0 atom stereocenters. The smallest absolute Gasteiger partial charge is 0.205 e. The fourth-order valence-electron chi connectivity index (χ4n) is 0.740. The van der Waals surface area contributed by atoms with Crippen LogP contribution in [-0.2, 0) is 4.74 Å². The Hall–Kier alpha value is -0.810. The zero-order valence-electron chi connectivity index (χ0n) is 9.55. The van der Waals surface area contributed by atoms with Crippen molar-refractivity contribution >= 4 is 5.96 Å². The normalized spacial score (nSPS) is 12.8. The van der Waals surface area contributed by atoms with Crippen LogP contribution in [-0.4, -0.2) is 32.8 Å². The van der Waals surface area contributed by atoms with Gasteiger partial charge in [0, 0.05) is 20.2 Å². The minimum Gasteiger partial charge on any atom is -0.383 e. The highest BCUT2D eigenvalue weighted by molar-refractivity contribution is 5.79. The van der Waals surface area contributed by atoms with Crippen LogP contribution >= 0.6 is 0 Å². The molecule has 5 heteroatoms. The van der Waals surface area contributed by atoms with Crippen LogP contribution in [0.4, 0.5) is 0 Å². The van der Waals surface area contributed by atoms with Gasteiger partial charge in [-0.05, 0) is 5.41 Å². The molecule has 0 aliphatic rings. The monoisotopic (exact) mass is 202 g/mol. The van der Waals surface area contributed by atoms with Crippen LogP contribution in [0.15, 0.2) is 4.99 Å². The van der Waals surface area contributed by atoms with Gasteiger partial charge < -0.3 is 10.1 Å².